The Morgan fingerprint density at radius 1 is 1.56 bits per heavy atom. The fraction of sp³-hybridized carbons (Fsp3) is 0.273. The third kappa shape index (κ3) is 2.91. The van der Waals surface area contributed by atoms with Crippen molar-refractivity contribution in [3.63, 3.8) is 0 Å². The number of hydrogen-bond donors (Lipinski definition) is 3. The molecular formula is C11H15ClN4O2. The highest BCUT2D eigenvalue weighted by Crippen LogP contribution is 2.13. The number of anilines is 1. The van der Waals surface area contributed by atoms with Crippen LogP contribution in [-0.2, 0) is 0 Å². The van der Waals surface area contributed by atoms with Gasteiger partial charge in [0.1, 0.15) is 0 Å². The lowest BCUT2D eigenvalue weighted by Gasteiger charge is -2.02. The van der Waals surface area contributed by atoms with E-state index in [2.05, 4.69) is 10.4 Å². The first-order valence-electron chi connectivity index (χ1n) is 5.34. The molecule has 0 fully saturated rings. The molecule has 0 radical (unpaired) electrons. The molecule has 4 N–H and O–H groups in total. The van der Waals surface area contributed by atoms with E-state index in [1.165, 1.54) is 6.20 Å². The summed E-state index contributed by atoms with van der Waals surface area (Å²) in [5, 5.41) is 15.4. The second-order valence-corrected chi connectivity index (χ2v) is 3.68. The summed E-state index contributed by atoms with van der Waals surface area (Å²) in [6.45, 7) is 0.497. The maximum absolute atomic E-state index is 11.8. The molecule has 0 aliphatic heterocycles. The van der Waals surface area contributed by atoms with Gasteiger partial charge in [-0.05, 0) is 18.6 Å². The van der Waals surface area contributed by atoms with Crippen LogP contribution in [0.5, 0.6) is 0 Å². The Bertz CT molecular complexity index is 541. The summed E-state index contributed by atoms with van der Waals surface area (Å²) in [6, 6.07) is 3.42. The zero-order valence-corrected chi connectivity index (χ0v) is 10.5. The molecule has 1 amide bonds. The van der Waals surface area contributed by atoms with Crippen LogP contribution in [0.25, 0.3) is 5.52 Å². The first kappa shape index (κ1) is 14.3. The average molecular weight is 271 g/mol. The predicted molar refractivity (Wildman–Crippen MR) is 70.9 cm³/mol. The summed E-state index contributed by atoms with van der Waals surface area (Å²) in [5.41, 5.74) is 7.41. The van der Waals surface area contributed by atoms with Crippen molar-refractivity contribution in [2.45, 2.75) is 6.42 Å². The minimum Gasteiger partial charge on any atom is -0.399 e. The molecule has 7 heteroatoms. The number of amides is 1. The molecule has 0 saturated carbocycles. The van der Waals surface area contributed by atoms with E-state index >= 15 is 0 Å². The molecule has 2 aromatic heterocycles. The van der Waals surface area contributed by atoms with Crippen LogP contribution in [0, 0.1) is 0 Å². The number of pyridine rings is 1. The first-order valence-corrected chi connectivity index (χ1v) is 5.34. The van der Waals surface area contributed by atoms with Crippen molar-refractivity contribution in [2.75, 3.05) is 18.9 Å². The molecule has 18 heavy (non-hydrogen) atoms. The smallest absolute Gasteiger partial charge is 0.255 e. The third-order valence-electron chi connectivity index (χ3n) is 2.41. The van der Waals surface area contributed by atoms with Crippen LogP contribution >= 0.6 is 12.4 Å². The fourth-order valence-corrected chi connectivity index (χ4v) is 1.55. The van der Waals surface area contributed by atoms with Gasteiger partial charge in [-0.2, -0.15) is 5.10 Å². The average Bonchev–Trinajstić information content (AvgIpc) is 2.72. The summed E-state index contributed by atoms with van der Waals surface area (Å²) in [6.07, 6.45) is 3.74. The highest BCUT2D eigenvalue weighted by Gasteiger charge is 2.11. The number of aliphatic hydroxyl groups is 1. The maximum atomic E-state index is 11.8. The topological polar surface area (TPSA) is 92.7 Å². The fourth-order valence-electron chi connectivity index (χ4n) is 1.55. The number of nitrogens with one attached hydrogen (secondary N) is 1. The number of halogens is 1. The summed E-state index contributed by atoms with van der Waals surface area (Å²) in [5.74, 6) is -0.209. The lowest BCUT2D eigenvalue weighted by atomic mass is 10.2. The molecule has 2 heterocycles. The lowest BCUT2D eigenvalue weighted by molar-refractivity contribution is 0.0953. The normalized spacial score (nSPS) is 10.1. The number of aromatic nitrogens is 2. The Kier molecular flexibility index (Phi) is 4.94. The molecular weight excluding hydrogens is 256 g/mol. The van der Waals surface area contributed by atoms with Gasteiger partial charge in [0, 0.05) is 25.0 Å². The Morgan fingerprint density at radius 2 is 2.33 bits per heavy atom. The minimum atomic E-state index is -0.209. The first-order chi connectivity index (χ1) is 8.22. The van der Waals surface area contributed by atoms with Crippen molar-refractivity contribution in [2.24, 2.45) is 0 Å². The molecule has 0 aliphatic rings. The van der Waals surface area contributed by atoms with Gasteiger partial charge >= 0.3 is 0 Å². The number of nitrogens with two attached hydrogens (primary N) is 1. The van der Waals surface area contributed by atoms with Crippen molar-refractivity contribution in [1.29, 1.82) is 0 Å². The molecule has 0 aliphatic carbocycles. The van der Waals surface area contributed by atoms with E-state index < -0.39 is 0 Å². The summed E-state index contributed by atoms with van der Waals surface area (Å²) in [7, 11) is 0. The Labute approximate surface area is 110 Å². The highest BCUT2D eigenvalue weighted by atomic mass is 35.5. The molecule has 0 bridgehead atoms. The molecule has 0 spiro atoms. The zero-order valence-electron chi connectivity index (χ0n) is 9.67. The Balaban J connectivity index is 0.00000162. The van der Waals surface area contributed by atoms with Gasteiger partial charge in [0.2, 0.25) is 0 Å². The van der Waals surface area contributed by atoms with Gasteiger partial charge in [0.25, 0.3) is 5.91 Å². The molecule has 98 valence electrons. The van der Waals surface area contributed by atoms with Crippen LogP contribution in [0.4, 0.5) is 5.69 Å². The van der Waals surface area contributed by atoms with Crippen LogP contribution in [0.3, 0.4) is 0 Å². The Hall–Kier alpha value is -1.79. The van der Waals surface area contributed by atoms with Crippen molar-refractivity contribution >= 4 is 29.5 Å². The molecule has 0 unspecified atom stereocenters. The number of nitrogen functional groups attached to an aromatic ring is 1. The molecule has 2 rings (SSSR count). The number of aliphatic hydroxyl groups excluding tert-OH is 1. The van der Waals surface area contributed by atoms with E-state index in [1.807, 2.05) is 0 Å². The third-order valence-corrected chi connectivity index (χ3v) is 2.41. The van der Waals surface area contributed by atoms with Crippen LogP contribution in [0.2, 0.25) is 0 Å². The van der Waals surface area contributed by atoms with Gasteiger partial charge < -0.3 is 16.2 Å². The van der Waals surface area contributed by atoms with E-state index in [4.69, 9.17) is 10.8 Å². The van der Waals surface area contributed by atoms with Crippen molar-refractivity contribution < 1.29 is 9.90 Å². The van der Waals surface area contributed by atoms with E-state index in [1.54, 1.807) is 22.8 Å². The van der Waals surface area contributed by atoms with E-state index in [0.717, 1.165) is 0 Å². The van der Waals surface area contributed by atoms with Crippen molar-refractivity contribution in [3.05, 3.63) is 30.1 Å². The number of carbonyl (C=O) groups is 1. The van der Waals surface area contributed by atoms with Crippen molar-refractivity contribution in [3.8, 4) is 0 Å². The van der Waals surface area contributed by atoms with Crippen LogP contribution in [0.1, 0.15) is 16.8 Å². The van der Waals surface area contributed by atoms with Gasteiger partial charge in [0.05, 0.1) is 17.3 Å². The number of nitrogens with zero attached hydrogens (tertiary/aromatic N) is 2. The number of fused-ring (bicyclic) bond motifs is 1. The monoisotopic (exact) mass is 270 g/mol. The maximum Gasteiger partial charge on any atom is 0.255 e. The molecule has 0 saturated heterocycles. The van der Waals surface area contributed by atoms with Gasteiger partial charge in [-0.3, -0.25) is 4.79 Å². The molecule has 0 atom stereocenters. The van der Waals surface area contributed by atoms with E-state index in [-0.39, 0.29) is 24.9 Å². The largest absolute Gasteiger partial charge is 0.399 e. The zero-order chi connectivity index (χ0) is 12.3. The lowest BCUT2D eigenvalue weighted by Crippen LogP contribution is -2.24. The molecule has 2 aromatic rings. The Morgan fingerprint density at radius 3 is 3.06 bits per heavy atom. The van der Waals surface area contributed by atoms with Gasteiger partial charge in [0.15, 0.2) is 0 Å². The minimum absolute atomic E-state index is 0. The van der Waals surface area contributed by atoms with Crippen LogP contribution in [0.15, 0.2) is 24.5 Å². The van der Waals surface area contributed by atoms with Gasteiger partial charge in [-0.15, -0.1) is 12.4 Å². The summed E-state index contributed by atoms with van der Waals surface area (Å²) < 4.78 is 1.59. The van der Waals surface area contributed by atoms with Gasteiger partial charge in [-0.1, -0.05) is 0 Å². The standard InChI is InChI=1S/C11H14N4O2.ClH/c12-8-2-4-15-10(6-8)9(7-14-15)11(17)13-3-1-5-16;/h2,4,6-7,16H,1,3,5,12H2,(H,13,17);1H. The highest BCUT2D eigenvalue weighted by molar-refractivity contribution is 6.00. The second kappa shape index (κ2) is 6.23. The SMILES string of the molecule is Cl.Nc1ccn2ncc(C(=O)NCCCO)c2c1. The summed E-state index contributed by atoms with van der Waals surface area (Å²) in [4.78, 5) is 11.8. The molecule has 6 nitrogen and oxygen atoms in total. The second-order valence-electron chi connectivity index (χ2n) is 3.68. The summed E-state index contributed by atoms with van der Waals surface area (Å²) >= 11 is 0. The number of carbonyl (C=O) groups excluding carboxylic acids is 1. The quantitative estimate of drug-likeness (QED) is 0.704. The van der Waals surface area contributed by atoms with Crippen LogP contribution in [-0.4, -0.2) is 33.8 Å². The molecule has 0 aromatic carbocycles. The predicted octanol–water partition coefficient (Wildman–Crippen LogP) is 0.450. The number of rotatable bonds is 4. The van der Waals surface area contributed by atoms with E-state index in [0.29, 0.717) is 29.7 Å². The van der Waals surface area contributed by atoms with Crippen molar-refractivity contribution in [1.82, 2.24) is 14.9 Å². The number of hydrogen-bond acceptors (Lipinski definition) is 4. The van der Waals surface area contributed by atoms with Crippen LogP contribution < -0.4 is 11.1 Å². The van der Waals surface area contributed by atoms with E-state index in [9.17, 15) is 4.79 Å². The van der Waals surface area contributed by atoms with Gasteiger partial charge in [-0.25, -0.2) is 4.52 Å².